The molecule has 1 aliphatic rings. The van der Waals surface area contributed by atoms with Gasteiger partial charge in [0.2, 0.25) is 0 Å². The Morgan fingerprint density at radius 1 is 0.821 bits per heavy atom. The summed E-state index contributed by atoms with van der Waals surface area (Å²) in [7, 11) is 0. The predicted molar refractivity (Wildman–Crippen MR) is 110 cm³/mol. The van der Waals surface area contributed by atoms with Crippen molar-refractivity contribution in [2.45, 2.75) is 25.0 Å². The van der Waals surface area contributed by atoms with E-state index in [9.17, 15) is 9.50 Å². The Morgan fingerprint density at radius 3 is 1.93 bits per heavy atom. The quantitative estimate of drug-likeness (QED) is 0.680. The lowest BCUT2D eigenvalue weighted by atomic mass is 9.72. The molecule has 0 amide bonds. The Labute approximate surface area is 166 Å². The maximum Gasteiger partial charge on any atom is 0.123 e. The second-order valence-electron chi connectivity index (χ2n) is 7.68. The molecular formula is C25H26FNO. The van der Waals surface area contributed by atoms with Crippen LogP contribution >= 0.6 is 0 Å². The second kappa shape index (κ2) is 8.26. The summed E-state index contributed by atoms with van der Waals surface area (Å²) in [6.45, 7) is 2.53. The lowest BCUT2D eigenvalue weighted by Crippen LogP contribution is -2.44. The van der Waals surface area contributed by atoms with Gasteiger partial charge in [0.1, 0.15) is 11.4 Å². The molecule has 0 radical (unpaired) electrons. The summed E-state index contributed by atoms with van der Waals surface area (Å²) in [5.74, 6) is -0.0454. The first kappa shape index (κ1) is 18.9. The number of hydrogen-bond acceptors (Lipinski definition) is 2. The predicted octanol–water partition coefficient (Wildman–Crippen LogP) is 4.97. The zero-order chi connectivity index (χ0) is 19.4. The molecule has 3 aromatic carbocycles. The van der Waals surface area contributed by atoms with Crippen LogP contribution in [0.3, 0.4) is 0 Å². The summed E-state index contributed by atoms with van der Waals surface area (Å²) in [5, 5.41) is 11.9. The molecule has 28 heavy (non-hydrogen) atoms. The number of nitrogens with zero attached hydrogens (tertiary/aromatic N) is 1. The molecule has 1 heterocycles. The minimum Gasteiger partial charge on any atom is -0.380 e. The normalized spacial score (nSPS) is 16.2. The lowest BCUT2D eigenvalue weighted by Gasteiger charge is -2.42. The van der Waals surface area contributed by atoms with E-state index in [1.807, 2.05) is 66.7 Å². The molecule has 0 aliphatic carbocycles. The zero-order valence-corrected chi connectivity index (χ0v) is 16.0. The second-order valence-corrected chi connectivity index (χ2v) is 7.68. The first-order valence-corrected chi connectivity index (χ1v) is 9.96. The summed E-state index contributed by atoms with van der Waals surface area (Å²) in [6.07, 6.45) is 1.80. The maximum absolute atomic E-state index is 13.5. The number of halogens is 1. The highest BCUT2D eigenvalue weighted by atomic mass is 19.1. The average molecular weight is 375 g/mol. The van der Waals surface area contributed by atoms with Crippen molar-refractivity contribution in [1.82, 2.24) is 4.90 Å². The Balaban J connectivity index is 1.53. The molecular weight excluding hydrogens is 349 g/mol. The summed E-state index contributed by atoms with van der Waals surface area (Å²) < 4.78 is 13.5. The van der Waals surface area contributed by atoms with E-state index in [0.717, 1.165) is 49.2 Å². The molecule has 0 spiro atoms. The Morgan fingerprint density at radius 2 is 1.39 bits per heavy atom. The molecule has 0 saturated carbocycles. The van der Waals surface area contributed by atoms with Crippen LogP contribution in [0.4, 0.5) is 4.39 Å². The SMILES string of the molecule is OC(c1ccccc1)(c1ccccc1)C1CCN(Cc2cccc(F)c2)CC1. The Bertz CT molecular complexity index is 849. The first-order chi connectivity index (χ1) is 13.7. The minimum absolute atomic E-state index is 0.140. The van der Waals surface area contributed by atoms with Crippen molar-refractivity contribution in [2.75, 3.05) is 13.1 Å². The Kier molecular flexibility index (Phi) is 5.56. The highest BCUT2D eigenvalue weighted by Crippen LogP contribution is 2.42. The van der Waals surface area contributed by atoms with E-state index in [1.54, 1.807) is 12.1 Å². The fourth-order valence-corrected chi connectivity index (χ4v) is 4.42. The third-order valence-corrected chi connectivity index (χ3v) is 5.90. The van der Waals surface area contributed by atoms with Gasteiger partial charge in [-0.3, -0.25) is 4.90 Å². The molecule has 1 aliphatic heterocycles. The van der Waals surface area contributed by atoms with Gasteiger partial charge in [-0.15, -0.1) is 0 Å². The van der Waals surface area contributed by atoms with Gasteiger partial charge in [-0.2, -0.15) is 0 Å². The van der Waals surface area contributed by atoms with Crippen LogP contribution in [-0.2, 0) is 12.1 Å². The number of benzene rings is 3. The number of aliphatic hydroxyl groups is 1. The van der Waals surface area contributed by atoms with Gasteiger partial charge in [-0.1, -0.05) is 72.8 Å². The standard InChI is InChI=1S/C25H26FNO/c26-24-13-7-8-20(18-24)19-27-16-14-23(15-17-27)25(28,21-9-3-1-4-10-21)22-11-5-2-6-12-22/h1-13,18,23,28H,14-17,19H2. The van der Waals surface area contributed by atoms with Crippen LogP contribution < -0.4 is 0 Å². The number of rotatable bonds is 5. The van der Waals surface area contributed by atoms with Gasteiger partial charge in [-0.05, 0) is 60.7 Å². The highest BCUT2D eigenvalue weighted by Gasteiger charge is 2.41. The van der Waals surface area contributed by atoms with Crippen molar-refractivity contribution in [3.8, 4) is 0 Å². The average Bonchev–Trinajstić information content (AvgIpc) is 2.75. The van der Waals surface area contributed by atoms with Crippen LogP contribution in [-0.4, -0.2) is 23.1 Å². The van der Waals surface area contributed by atoms with Crippen LogP contribution in [0.25, 0.3) is 0 Å². The van der Waals surface area contributed by atoms with Crippen molar-refractivity contribution in [1.29, 1.82) is 0 Å². The summed E-state index contributed by atoms with van der Waals surface area (Å²) in [6, 6.07) is 26.8. The fourth-order valence-electron chi connectivity index (χ4n) is 4.42. The first-order valence-electron chi connectivity index (χ1n) is 9.96. The molecule has 1 N–H and O–H groups in total. The molecule has 3 aromatic rings. The molecule has 2 nitrogen and oxygen atoms in total. The van der Waals surface area contributed by atoms with Crippen molar-refractivity contribution < 1.29 is 9.50 Å². The van der Waals surface area contributed by atoms with E-state index in [0.29, 0.717) is 0 Å². The summed E-state index contributed by atoms with van der Waals surface area (Å²) >= 11 is 0. The van der Waals surface area contributed by atoms with Crippen LogP contribution in [0, 0.1) is 11.7 Å². The monoisotopic (exact) mass is 375 g/mol. The number of likely N-dealkylation sites (tertiary alicyclic amines) is 1. The maximum atomic E-state index is 13.5. The fraction of sp³-hybridized carbons (Fsp3) is 0.280. The van der Waals surface area contributed by atoms with E-state index in [-0.39, 0.29) is 11.7 Å². The molecule has 1 saturated heterocycles. The van der Waals surface area contributed by atoms with Gasteiger partial charge in [-0.25, -0.2) is 4.39 Å². The topological polar surface area (TPSA) is 23.5 Å². The van der Waals surface area contributed by atoms with Crippen molar-refractivity contribution in [2.24, 2.45) is 5.92 Å². The molecule has 1 fully saturated rings. The van der Waals surface area contributed by atoms with Gasteiger partial charge >= 0.3 is 0 Å². The van der Waals surface area contributed by atoms with Crippen molar-refractivity contribution >= 4 is 0 Å². The largest absolute Gasteiger partial charge is 0.380 e. The van der Waals surface area contributed by atoms with E-state index in [2.05, 4.69) is 4.90 Å². The van der Waals surface area contributed by atoms with Gasteiger partial charge in [0, 0.05) is 6.54 Å². The summed E-state index contributed by atoms with van der Waals surface area (Å²) in [5.41, 5.74) is 1.90. The third kappa shape index (κ3) is 3.87. The van der Waals surface area contributed by atoms with Gasteiger partial charge < -0.3 is 5.11 Å². The number of hydrogen-bond donors (Lipinski definition) is 1. The van der Waals surface area contributed by atoms with Crippen LogP contribution in [0.15, 0.2) is 84.9 Å². The van der Waals surface area contributed by atoms with Crippen molar-refractivity contribution in [3.63, 3.8) is 0 Å². The third-order valence-electron chi connectivity index (χ3n) is 5.90. The summed E-state index contributed by atoms with van der Waals surface area (Å²) in [4.78, 5) is 2.35. The van der Waals surface area contributed by atoms with Crippen molar-refractivity contribution in [3.05, 3.63) is 107 Å². The van der Waals surface area contributed by atoms with E-state index in [1.165, 1.54) is 6.07 Å². The molecule has 3 heteroatoms. The van der Waals surface area contributed by atoms with Crippen LogP contribution in [0.1, 0.15) is 29.5 Å². The van der Waals surface area contributed by atoms with E-state index >= 15 is 0 Å². The lowest BCUT2D eigenvalue weighted by molar-refractivity contribution is -0.0152. The molecule has 0 unspecified atom stereocenters. The smallest absolute Gasteiger partial charge is 0.123 e. The van der Waals surface area contributed by atoms with Crippen LogP contribution in [0.2, 0.25) is 0 Å². The van der Waals surface area contributed by atoms with Gasteiger partial charge in [0.25, 0.3) is 0 Å². The minimum atomic E-state index is -0.993. The van der Waals surface area contributed by atoms with Crippen LogP contribution in [0.5, 0.6) is 0 Å². The van der Waals surface area contributed by atoms with Gasteiger partial charge in [0.05, 0.1) is 0 Å². The number of piperidine rings is 1. The van der Waals surface area contributed by atoms with E-state index < -0.39 is 5.60 Å². The zero-order valence-electron chi connectivity index (χ0n) is 16.0. The Hall–Kier alpha value is -2.49. The molecule has 0 bridgehead atoms. The molecule has 144 valence electrons. The molecule has 0 atom stereocenters. The van der Waals surface area contributed by atoms with E-state index in [4.69, 9.17) is 0 Å². The molecule has 4 rings (SSSR count). The van der Waals surface area contributed by atoms with Gasteiger partial charge in [0.15, 0.2) is 0 Å². The highest BCUT2D eigenvalue weighted by molar-refractivity contribution is 5.37. The molecule has 0 aromatic heterocycles.